The fourth-order valence-electron chi connectivity index (χ4n) is 4.12. The summed E-state index contributed by atoms with van der Waals surface area (Å²) in [6.07, 6.45) is 5.15. The third-order valence-electron chi connectivity index (χ3n) is 5.89. The zero-order valence-corrected chi connectivity index (χ0v) is 16.5. The molecule has 1 amide bonds. The largest absolute Gasteiger partial charge is 0.480 e. The second-order valence-corrected chi connectivity index (χ2v) is 9.53. The molecular weight excluding hydrogens is 368 g/mol. The van der Waals surface area contributed by atoms with Gasteiger partial charge < -0.3 is 10.4 Å². The molecule has 2 N–H and O–H groups in total. The van der Waals surface area contributed by atoms with Crippen LogP contribution in [0.3, 0.4) is 0 Å². The lowest BCUT2D eigenvalue weighted by Gasteiger charge is -2.37. The van der Waals surface area contributed by atoms with Gasteiger partial charge in [-0.05, 0) is 61.8 Å². The van der Waals surface area contributed by atoms with E-state index < -0.39 is 27.4 Å². The summed E-state index contributed by atoms with van der Waals surface area (Å²) in [7, 11) is -3.35. The van der Waals surface area contributed by atoms with E-state index in [1.54, 1.807) is 18.2 Å². The van der Waals surface area contributed by atoms with Crippen molar-refractivity contribution in [3.8, 4) is 0 Å². The Balaban J connectivity index is 1.79. The normalized spacial score (nSPS) is 25.1. The quantitative estimate of drug-likeness (QED) is 0.796. The Hall–Kier alpha value is -2.09. The number of sulfonamides is 1. The van der Waals surface area contributed by atoms with E-state index in [2.05, 4.69) is 12.2 Å². The van der Waals surface area contributed by atoms with Gasteiger partial charge in [-0.2, -0.15) is 0 Å². The van der Waals surface area contributed by atoms with Crippen LogP contribution in [-0.2, 0) is 21.2 Å². The number of rotatable bonds is 5. The predicted octanol–water partition coefficient (Wildman–Crippen LogP) is 2.16. The zero-order chi connectivity index (χ0) is 19.8. The number of benzene rings is 1. The number of carbonyl (C=O) groups is 2. The molecule has 1 aliphatic carbocycles. The van der Waals surface area contributed by atoms with Crippen molar-refractivity contribution in [1.82, 2.24) is 5.32 Å². The third kappa shape index (κ3) is 3.81. The van der Waals surface area contributed by atoms with E-state index >= 15 is 0 Å². The summed E-state index contributed by atoms with van der Waals surface area (Å²) in [5, 5.41) is 12.5. The lowest BCUT2D eigenvalue weighted by atomic mass is 9.75. The molecule has 0 aromatic heterocycles. The maximum Gasteiger partial charge on any atom is 0.329 e. The first kappa shape index (κ1) is 19.7. The number of nitrogens with one attached hydrogen (secondary N) is 1. The molecule has 1 aromatic rings. The van der Waals surface area contributed by atoms with E-state index in [9.17, 15) is 23.1 Å². The first-order valence-electron chi connectivity index (χ1n) is 9.33. The summed E-state index contributed by atoms with van der Waals surface area (Å²) in [5.41, 5.74) is 0.514. The van der Waals surface area contributed by atoms with Crippen molar-refractivity contribution < 1.29 is 23.1 Å². The monoisotopic (exact) mass is 394 g/mol. The number of carbonyl (C=O) groups excluding carboxylic acids is 1. The molecule has 1 aromatic carbocycles. The van der Waals surface area contributed by atoms with E-state index in [1.165, 1.54) is 4.31 Å². The van der Waals surface area contributed by atoms with Crippen LogP contribution < -0.4 is 9.62 Å². The van der Waals surface area contributed by atoms with Gasteiger partial charge in [-0.1, -0.05) is 13.3 Å². The highest BCUT2D eigenvalue weighted by Crippen LogP contribution is 2.35. The first-order chi connectivity index (χ1) is 12.7. The molecule has 27 heavy (non-hydrogen) atoms. The number of amides is 1. The van der Waals surface area contributed by atoms with Crippen LogP contribution >= 0.6 is 0 Å². The molecular formula is C19H26N2O5S. The van der Waals surface area contributed by atoms with E-state index in [4.69, 9.17) is 0 Å². The van der Waals surface area contributed by atoms with Gasteiger partial charge >= 0.3 is 5.97 Å². The van der Waals surface area contributed by atoms with Gasteiger partial charge in [0, 0.05) is 12.1 Å². The molecule has 0 unspecified atom stereocenters. The average Bonchev–Trinajstić information content (AvgIpc) is 3.05. The fraction of sp³-hybridized carbons (Fsp3) is 0.579. The average molecular weight is 394 g/mol. The molecule has 1 aliphatic heterocycles. The molecule has 1 fully saturated rings. The highest BCUT2D eigenvalue weighted by molar-refractivity contribution is 7.92. The van der Waals surface area contributed by atoms with Crippen molar-refractivity contribution >= 4 is 27.6 Å². The molecule has 0 atom stereocenters. The Labute approximate surface area is 159 Å². The fourth-order valence-corrected chi connectivity index (χ4v) is 5.08. The standard InChI is InChI=1S/C19H26N2O5S/c1-3-13-6-9-19(10-7-13,18(23)24)20-17(22)15-4-5-16-14(12-15)8-11-21(16)27(2,25)26/h4-5,12-13H,3,6-11H2,1-2H3,(H,20,22)(H,23,24). The number of anilines is 1. The van der Waals surface area contributed by atoms with E-state index in [0.717, 1.165) is 31.1 Å². The highest BCUT2D eigenvalue weighted by atomic mass is 32.2. The maximum absolute atomic E-state index is 12.7. The molecule has 7 nitrogen and oxygen atoms in total. The van der Waals surface area contributed by atoms with Crippen molar-refractivity contribution in [3.63, 3.8) is 0 Å². The molecule has 3 rings (SSSR count). The molecule has 2 aliphatic rings. The number of hydrogen-bond donors (Lipinski definition) is 2. The number of carboxylic acid groups (broad SMARTS) is 1. The Morgan fingerprint density at radius 2 is 1.96 bits per heavy atom. The van der Waals surface area contributed by atoms with Gasteiger partial charge in [-0.25, -0.2) is 13.2 Å². The number of fused-ring (bicyclic) bond motifs is 1. The summed E-state index contributed by atoms with van der Waals surface area (Å²) >= 11 is 0. The van der Waals surface area contributed by atoms with Crippen LogP contribution in [0.5, 0.6) is 0 Å². The maximum atomic E-state index is 12.7. The zero-order valence-electron chi connectivity index (χ0n) is 15.7. The summed E-state index contributed by atoms with van der Waals surface area (Å²) in [5.74, 6) is -0.904. The topological polar surface area (TPSA) is 104 Å². The van der Waals surface area contributed by atoms with Crippen LogP contribution in [0.25, 0.3) is 0 Å². The summed E-state index contributed by atoms with van der Waals surface area (Å²) in [6, 6.07) is 4.85. The number of nitrogens with zero attached hydrogens (tertiary/aromatic N) is 1. The first-order valence-corrected chi connectivity index (χ1v) is 11.2. The molecule has 0 radical (unpaired) electrons. The van der Waals surface area contributed by atoms with Gasteiger partial charge in [0.15, 0.2) is 0 Å². The van der Waals surface area contributed by atoms with Crippen molar-refractivity contribution in [2.75, 3.05) is 17.1 Å². The summed E-state index contributed by atoms with van der Waals surface area (Å²) < 4.78 is 25.0. The minimum Gasteiger partial charge on any atom is -0.480 e. The van der Waals surface area contributed by atoms with Gasteiger partial charge in [0.2, 0.25) is 10.0 Å². The Morgan fingerprint density at radius 1 is 1.30 bits per heavy atom. The van der Waals surface area contributed by atoms with Gasteiger partial charge in [0.05, 0.1) is 11.9 Å². The summed E-state index contributed by atoms with van der Waals surface area (Å²) in [4.78, 5) is 24.6. The second kappa shape index (κ2) is 7.14. The Kier molecular flexibility index (Phi) is 5.20. The molecule has 8 heteroatoms. The summed E-state index contributed by atoms with van der Waals surface area (Å²) in [6.45, 7) is 2.46. The highest BCUT2D eigenvalue weighted by Gasteiger charge is 2.43. The second-order valence-electron chi connectivity index (χ2n) is 7.62. The Bertz CT molecular complexity index is 857. The van der Waals surface area contributed by atoms with Crippen molar-refractivity contribution in [3.05, 3.63) is 29.3 Å². The lowest BCUT2D eigenvalue weighted by molar-refractivity contribution is -0.146. The van der Waals surface area contributed by atoms with Crippen LogP contribution in [0.4, 0.5) is 5.69 Å². The van der Waals surface area contributed by atoms with E-state index in [0.29, 0.717) is 43.0 Å². The number of hydrogen-bond acceptors (Lipinski definition) is 4. The number of aliphatic carboxylic acids is 1. The molecule has 0 saturated heterocycles. The molecule has 1 saturated carbocycles. The smallest absolute Gasteiger partial charge is 0.329 e. The third-order valence-corrected chi connectivity index (χ3v) is 7.07. The van der Waals surface area contributed by atoms with Gasteiger partial charge in [0.25, 0.3) is 5.91 Å². The minimum absolute atomic E-state index is 0.358. The van der Waals surface area contributed by atoms with Crippen molar-refractivity contribution in [1.29, 1.82) is 0 Å². The van der Waals surface area contributed by atoms with Gasteiger partial charge in [-0.3, -0.25) is 9.10 Å². The molecule has 1 heterocycles. The van der Waals surface area contributed by atoms with Crippen LogP contribution in [0.1, 0.15) is 54.9 Å². The van der Waals surface area contributed by atoms with Crippen LogP contribution in [0, 0.1) is 5.92 Å². The number of carboxylic acids is 1. The minimum atomic E-state index is -3.35. The predicted molar refractivity (Wildman–Crippen MR) is 102 cm³/mol. The van der Waals surface area contributed by atoms with Gasteiger partial charge in [-0.15, -0.1) is 0 Å². The van der Waals surface area contributed by atoms with Crippen molar-refractivity contribution in [2.24, 2.45) is 5.92 Å². The Morgan fingerprint density at radius 3 is 2.52 bits per heavy atom. The van der Waals surface area contributed by atoms with Gasteiger partial charge in [0.1, 0.15) is 5.54 Å². The van der Waals surface area contributed by atoms with E-state index in [1.807, 2.05) is 0 Å². The van der Waals surface area contributed by atoms with Crippen LogP contribution in [0.15, 0.2) is 18.2 Å². The SMILES string of the molecule is CCC1CCC(NC(=O)c2ccc3c(c2)CCN3S(C)(=O)=O)(C(=O)O)CC1. The van der Waals surface area contributed by atoms with E-state index in [-0.39, 0.29) is 0 Å². The lowest BCUT2D eigenvalue weighted by Crippen LogP contribution is -2.56. The van der Waals surface area contributed by atoms with Crippen LogP contribution in [-0.4, -0.2) is 43.7 Å². The molecule has 0 bridgehead atoms. The molecule has 148 valence electrons. The van der Waals surface area contributed by atoms with Crippen molar-refractivity contribution in [2.45, 2.75) is 51.0 Å². The van der Waals surface area contributed by atoms with Crippen LogP contribution in [0.2, 0.25) is 0 Å². The molecule has 0 spiro atoms.